The van der Waals surface area contributed by atoms with Crippen molar-refractivity contribution in [2.24, 2.45) is 5.92 Å². The summed E-state index contributed by atoms with van der Waals surface area (Å²) in [6, 6.07) is 12.0. The third-order valence-electron chi connectivity index (χ3n) is 5.16. The van der Waals surface area contributed by atoms with Gasteiger partial charge in [-0.3, -0.25) is 14.8 Å². The number of fused-ring (bicyclic) bond motifs is 1. The van der Waals surface area contributed by atoms with Crippen LogP contribution in [0.25, 0.3) is 10.9 Å². The number of aryl methyl sites for hydroxylation is 1. The molecule has 27 heavy (non-hydrogen) atoms. The molecule has 1 aliphatic heterocycles. The van der Waals surface area contributed by atoms with Gasteiger partial charge in [-0.25, -0.2) is 0 Å². The fraction of sp³-hybridized carbons (Fsp3) is 0.318. The Labute approximate surface area is 158 Å². The van der Waals surface area contributed by atoms with Crippen molar-refractivity contribution in [2.75, 3.05) is 13.2 Å². The lowest BCUT2D eigenvalue weighted by Crippen LogP contribution is -2.35. The number of rotatable bonds is 4. The number of carbonyl (C=O) groups excluding carboxylic acids is 1. The standard InChI is InChI=1S/C22H23N3O2/c1-15-4-6-16(7-5-15)21-17(3-2-12-27-21)13-25-22(26)18-8-11-24-20-9-10-23-14-19(18)20/h4-11,14,17,21H,2-3,12-13H2,1H3,(H,25,26)/t17-,21-/m0/s1. The van der Waals surface area contributed by atoms with Crippen LogP contribution in [0.1, 0.15) is 40.4 Å². The second-order valence-corrected chi connectivity index (χ2v) is 7.07. The summed E-state index contributed by atoms with van der Waals surface area (Å²) in [6.45, 7) is 3.43. The number of hydrogen-bond donors (Lipinski definition) is 1. The van der Waals surface area contributed by atoms with Gasteiger partial charge >= 0.3 is 0 Å². The van der Waals surface area contributed by atoms with Gasteiger partial charge in [0, 0.05) is 43.0 Å². The fourth-order valence-electron chi connectivity index (χ4n) is 3.68. The lowest BCUT2D eigenvalue weighted by Gasteiger charge is -2.32. The quantitative estimate of drug-likeness (QED) is 0.767. The third kappa shape index (κ3) is 3.83. The van der Waals surface area contributed by atoms with Crippen molar-refractivity contribution in [3.8, 4) is 0 Å². The number of benzene rings is 1. The predicted octanol–water partition coefficient (Wildman–Crippen LogP) is 3.84. The molecule has 0 saturated carbocycles. The first kappa shape index (κ1) is 17.6. The van der Waals surface area contributed by atoms with Crippen LogP contribution in [-0.2, 0) is 4.74 Å². The lowest BCUT2D eigenvalue weighted by atomic mass is 9.89. The van der Waals surface area contributed by atoms with E-state index < -0.39 is 0 Å². The fourth-order valence-corrected chi connectivity index (χ4v) is 3.68. The molecule has 3 aromatic rings. The molecule has 1 saturated heterocycles. The molecule has 0 spiro atoms. The van der Waals surface area contributed by atoms with E-state index in [-0.39, 0.29) is 17.9 Å². The van der Waals surface area contributed by atoms with Gasteiger partial charge in [0.1, 0.15) is 0 Å². The van der Waals surface area contributed by atoms with E-state index in [0.29, 0.717) is 12.1 Å². The minimum atomic E-state index is -0.0939. The van der Waals surface area contributed by atoms with E-state index in [2.05, 4.69) is 46.5 Å². The number of nitrogens with zero attached hydrogens (tertiary/aromatic N) is 2. The normalized spacial score (nSPS) is 19.7. The van der Waals surface area contributed by atoms with Gasteiger partial charge in [-0.05, 0) is 37.5 Å². The Bertz CT molecular complexity index is 934. The van der Waals surface area contributed by atoms with Crippen LogP contribution in [0.15, 0.2) is 55.0 Å². The van der Waals surface area contributed by atoms with Crippen LogP contribution in [0.2, 0.25) is 0 Å². The van der Waals surface area contributed by atoms with Crippen LogP contribution >= 0.6 is 0 Å². The Morgan fingerprint density at radius 2 is 2.04 bits per heavy atom. The number of ether oxygens (including phenoxy) is 1. The van der Waals surface area contributed by atoms with E-state index >= 15 is 0 Å². The molecule has 0 radical (unpaired) electrons. The molecule has 5 nitrogen and oxygen atoms in total. The number of carbonyl (C=O) groups is 1. The maximum Gasteiger partial charge on any atom is 0.252 e. The van der Waals surface area contributed by atoms with Crippen LogP contribution in [0, 0.1) is 12.8 Å². The molecule has 2 atom stereocenters. The van der Waals surface area contributed by atoms with Gasteiger partial charge in [0.25, 0.3) is 5.91 Å². The third-order valence-corrected chi connectivity index (χ3v) is 5.16. The van der Waals surface area contributed by atoms with E-state index in [1.165, 1.54) is 11.1 Å². The number of nitrogens with one attached hydrogen (secondary N) is 1. The first-order chi connectivity index (χ1) is 13.2. The van der Waals surface area contributed by atoms with E-state index in [4.69, 9.17) is 4.74 Å². The first-order valence-electron chi connectivity index (χ1n) is 9.37. The monoisotopic (exact) mass is 361 g/mol. The molecule has 3 heterocycles. The average molecular weight is 361 g/mol. The largest absolute Gasteiger partial charge is 0.373 e. The van der Waals surface area contributed by atoms with Crippen LogP contribution in [0.3, 0.4) is 0 Å². The average Bonchev–Trinajstić information content (AvgIpc) is 2.72. The summed E-state index contributed by atoms with van der Waals surface area (Å²) in [5, 5.41) is 3.87. The van der Waals surface area contributed by atoms with Crippen molar-refractivity contribution >= 4 is 16.8 Å². The van der Waals surface area contributed by atoms with Crippen molar-refractivity contribution in [1.82, 2.24) is 15.3 Å². The van der Waals surface area contributed by atoms with Crippen molar-refractivity contribution < 1.29 is 9.53 Å². The molecular formula is C22H23N3O2. The van der Waals surface area contributed by atoms with Crippen molar-refractivity contribution in [3.63, 3.8) is 0 Å². The van der Waals surface area contributed by atoms with Crippen LogP contribution in [0.5, 0.6) is 0 Å². The summed E-state index contributed by atoms with van der Waals surface area (Å²) in [4.78, 5) is 21.2. The van der Waals surface area contributed by atoms with Crippen LogP contribution in [-0.4, -0.2) is 29.0 Å². The minimum Gasteiger partial charge on any atom is -0.373 e. The molecule has 0 bridgehead atoms. The summed E-state index contributed by atoms with van der Waals surface area (Å²) in [6.07, 6.45) is 7.12. The topological polar surface area (TPSA) is 64.1 Å². The van der Waals surface area contributed by atoms with Crippen molar-refractivity contribution in [1.29, 1.82) is 0 Å². The van der Waals surface area contributed by atoms with Gasteiger partial charge in [0.05, 0.1) is 17.2 Å². The van der Waals surface area contributed by atoms with E-state index in [0.717, 1.165) is 30.4 Å². The maximum atomic E-state index is 12.8. The van der Waals surface area contributed by atoms with Gasteiger partial charge in [-0.15, -0.1) is 0 Å². The molecule has 0 unspecified atom stereocenters. The number of hydrogen-bond acceptors (Lipinski definition) is 4. The van der Waals surface area contributed by atoms with Crippen LogP contribution < -0.4 is 5.32 Å². The van der Waals surface area contributed by atoms with Gasteiger partial charge in [0.15, 0.2) is 0 Å². The molecule has 138 valence electrons. The molecule has 5 heteroatoms. The van der Waals surface area contributed by atoms with Gasteiger partial charge < -0.3 is 10.1 Å². The second-order valence-electron chi connectivity index (χ2n) is 7.07. The number of aromatic nitrogens is 2. The van der Waals surface area contributed by atoms with E-state index in [1.54, 1.807) is 24.7 Å². The highest BCUT2D eigenvalue weighted by Gasteiger charge is 2.28. The summed E-state index contributed by atoms with van der Waals surface area (Å²) in [7, 11) is 0. The maximum absolute atomic E-state index is 12.8. The lowest BCUT2D eigenvalue weighted by molar-refractivity contribution is -0.0272. The first-order valence-corrected chi connectivity index (χ1v) is 9.37. The summed E-state index contributed by atoms with van der Waals surface area (Å²) in [5.74, 6) is 0.167. The van der Waals surface area contributed by atoms with Gasteiger partial charge in [-0.2, -0.15) is 0 Å². The molecule has 4 rings (SSSR count). The second kappa shape index (κ2) is 7.84. The Kier molecular flexibility index (Phi) is 5.12. The summed E-state index contributed by atoms with van der Waals surface area (Å²) >= 11 is 0. The molecule has 1 N–H and O–H groups in total. The molecule has 0 aliphatic carbocycles. The highest BCUT2D eigenvalue weighted by molar-refractivity contribution is 6.05. The molecule has 1 fully saturated rings. The summed E-state index contributed by atoms with van der Waals surface area (Å²) in [5.41, 5.74) is 3.79. The van der Waals surface area contributed by atoms with Crippen molar-refractivity contribution in [3.05, 3.63) is 71.7 Å². The highest BCUT2D eigenvalue weighted by Crippen LogP contribution is 2.33. The number of amides is 1. The zero-order valence-electron chi connectivity index (χ0n) is 15.4. The van der Waals surface area contributed by atoms with Crippen LogP contribution in [0.4, 0.5) is 0 Å². The minimum absolute atomic E-state index is 0.0236. The Balaban J connectivity index is 1.49. The van der Waals surface area contributed by atoms with E-state index in [9.17, 15) is 4.79 Å². The molecule has 1 amide bonds. The number of pyridine rings is 2. The summed E-state index contributed by atoms with van der Waals surface area (Å²) < 4.78 is 6.05. The smallest absolute Gasteiger partial charge is 0.252 e. The molecule has 1 aliphatic rings. The molecular weight excluding hydrogens is 338 g/mol. The SMILES string of the molecule is Cc1ccc([C@@H]2OCCC[C@H]2CNC(=O)c2ccnc3ccncc23)cc1. The van der Waals surface area contributed by atoms with Gasteiger partial charge in [-0.1, -0.05) is 29.8 Å². The molecule has 2 aromatic heterocycles. The zero-order valence-corrected chi connectivity index (χ0v) is 15.4. The Hall–Kier alpha value is -2.79. The Morgan fingerprint density at radius 1 is 1.19 bits per heavy atom. The van der Waals surface area contributed by atoms with E-state index in [1.807, 2.05) is 6.07 Å². The van der Waals surface area contributed by atoms with Crippen molar-refractivity contribution in [2.45, 2.75) is 25.9 Å². The Morgan fingerprint density at radius 3 is 2.89 bits per heavy atom. The zero-order chi connectivity index (χ0) is 18.6. The van der Waals surface area contributed by atoms with Gasteiger partial charge in [0.2, 0.25) is 0 Å². The predicted molar refractivity (Wildman–Crippen MR) is 104 cm³/mol. The highest BCUT2D eigenvalue weighted by atomic mass is 16.5. The molecule has 1 aromatic carbocycles.